The van der Waals surface area contributed by atoms with Gasteiger partial charge in [0.2, 0.25) is 0 Å². The number of aromatic hydroxyl groups is 1. The molecule has 2 N–H and O–H groups in total. The van der Waals surface area contributed by atoms with Gasteiger partial charge in [-0.25, -0.2) is 15.0 Å². The summed E-state index contributed by atoms with van der Waals surface area (Å²) in [6.07, 6.45) is 11.9. The van der Waals surface area contributed by atoms with Crippen LogP contribution in [-0.2, 0) is 4.74 Å². The van der Waals surface area contributed by atoms with Crippen LogP contribution in [0.5, 0.6) is 11.5 Å². The van der Waals surface area contributed by atoms with E-state index < -0.39 is 0 Å². The number of aryl methyl sites for hydroxylation is 4. The van der Waals surface area contributed by atoms with E-state index in [2.05, 4.69) is 58.9 Å². The average molecular weight is 654 g/mol. The summed E-state index contributed by atoms with van der Waals surface area (Å²) < 4.78 is 11.7. The van der Waals surface area contributed by atoms with Crippen LogP contribution in [0.3, 0.4) is 0 Å². The Morgan fingerprint density at radius 3 is 1.69 bits per heavy atom. The quantitative estimate of drug-likeness (QED) is 0.0916. The molecule has 0 aliphatic heterocycles. The summed E-state index contributed by atoms with van der Waals surface area (Å²) in [4.78, 5) is 14.5. The fourth-order valence-corrected chi connectivity index (χ4v) is 6.01. The summed E-state index contributed by atoms with van der Waals surface area (Å²) in [7, 11) is 0. The van der Waals surface area contributed by atoms with Crippen molar-refractivity contribution in [2.75, 3.05) is 19.8 Å². The van der Waals surface area contributed by atoms with E-state index in [-0.39, 0.29) is 11.9 Å². The molecule has 48 heavy (non-hydrogen) atoms. The fourth-order valence-electron chi connectivity index (χ4n) is 6.01. The normalized spacial score (nSPS) is 12.0. The second-order valence-corrected chi connectivity index (χ2v) is 13.1. The molecule has 7 heteroatoms. The van der Waals surface area contributed by atoms with Gasteiger partial charge >= 0.3 is 0 Å². The van der Waals surface area contributed by atoms with Gasteiger partial charge in [-0.1, -0.05) is 99.4 Å². The number of aliphatic hydroxyl groups excluding tert-OH is 1. The molecule has 0 radical (unpaired) electrons. The fraction of sp³-hybridized carbons (Fsp3) is 0.488. The molecular formula is C41H55N3O4. The van der Waals surface area contributed by atoms with Gasteiger partial charge in [0.1, 0.15) is 11.5 Å². The molecule has 7 nitrogen and oxygen atoms in total. The van der Waals surface area contributed by atoms with Gasteiger partial charge in [-0.05, 0) is 70.2 Å². The Morgan fingerprint density at radius 2 is 1.10 bits per heavy atom. The maximum Gasteiger partial charge on any atom is 0.167 e. The molecular weight excluding hydrogens is 598 g/mol. The molecule has 0 aliphatic rings. The zero-order valence-corrected chi connectivity index (χ0v) is 29.7. The van der Waals surface area contributed by atoms with E-state index in [1.807, 2.05) is 18.2 Å². The van der Waals surface area contributed by atoms with E-state index in [1.165, 1.54) is 49.7 Å². The first-order valence-corrected chi connectivity index (χ1v) is 17.9. The van der Waals surface area contributed by atoms with Crippen LogP contribution in [0.2, 0.25) is 0 Å². The van der Waals surface area contributed by atoms with E-state index in [0.29, 0.717) is 48.6 Å². The van der Waals surface area contributed by atoms with Crippen LogP contribution >= 0.6 is 0 Å². The number of aromatic nitrogens is 3. The zero-order valence-electron chi connectivity index (χ0n) is 29.7. The van der Waals surface area contributed by atoms with E-state index in [9.17, 15) is 10.2 Å². The van der Waals surface area contributed by atoms with Crippen LogP contribution in [0.25, 0.3) is 34.2 Å². The minimum atomic E-state index is -0.225. The molecule has 0 fully saturated rings. The molecule has 0 spiro atoms. The van der Waals surface area contributed by atoms with Crippen molar-refractivity contribution < 1.29 is 19.7 Å². The summed E-state index contributed by atoms with van der Waals surface area (Å²) in [5.41, 5.74) is 6.86. The Hall–Kier alpha value is -3.81. The van der Waals surface area contributed by atoms with Crippen LogP contribution in [0.1, 0.15) is 99.8 Å². The molecule has 0 bridgehead atoms. The van der Waals surface area contributed by atoms with Crippen molar-refractivity contribution in [1.29, 1.82) is 0 Å². The lowest BCUT2D eigenvalue weighted by Gasteiger charge is -2.13. The number of hydrogen-bond acceptors (Lipinski definition) is 7. The Bertz CT molecular complexity index is 1520. The maximum absolute atomic E-state index is 11.1. The summed E-state index contributed by atoms with van der Waals surface area (Å²) >= 11 is 0. The smallest absolute Gasteiger partial charge is 0.167 e. The molecule has 0 saturated carbocycles. The SMILES string of the molecule is CCCCCCCCCC(O)CCCOCCCOc1ccc(-c2nc(-c3ccc(C)cc3C)nc(-c3ccc(C)cc3C)n2)c(O)c1. The molecule has 1 aromatic heterocycles. The van der Waals surface area contributed by atoms with Crippen LogP contribution in [0.4, 0.5) is 0 Å². The highest BCUT2D eigenvalue weighted by Crippen LogP contribution is 2.34. The summed E-state index contributed by atoms with van der Waals surface area (Å²) in [5.74, 6) is 2.15. The first-order chi connectivity index (χ1) is 23.2. The minimum absolute atomic E-state index is 0.0446. The molecule has 1 unspecified atom stereocenters. The summed E-state index contributed by atoms with van der Waals surface area (Å²) in [5, 5.41) is 21.3. The molecule has 3 aromatic carbocycles. The largest absolute Gasteiger partial charge is 0.507 e. The third-order valence-electron chi connectivity index (χ3n) is 8.76. The monoisotopic (exact) mass is 653 g/mol. The number of nitrogens with zero attached hydrogens (tertiary/aromatic N) is 3. The number of aliphatic hydroxyl groups is 1. The molecule has 1 atom stereocenters. The van der Waals surface area contributed by atoms with Gasteiger partial charge in [0.05, 0.1) is 18.3 Å². The van der Waals surface area contributed by atoms with Gasteiger partial charge in [0.15, 0.2) is 17.5 Å². The second-order valence-electron chi connectivity index (χ2n) is 13.1. The zero-order chi connectivity index (χ0) is 34.3. The first kappa shape index (κ1) is 37.0. The lowest BCUT2D eigenvalue weighted by molar-refractivity contribution is 0.0945. The summed E-state index contributed by atoms with van der Waals surface area (Å²) in [6.45, 7) is 12.2. The van der Waals surface area contributed by atoms with E-state index in [1.54, 1.807) is 12.1 Å². The van der Waals surface area contributed by atoms with Crippen LogP contribution in [0.15, 0.2) is 54.6 Å². The number of rotatable bonds is 20. The molecule has 0 amide bonds. The van der Waals surface area contributed by atoms with Crippen molar-refractivity contribution in [2.45, 2.75) is 111 Å². The van der Waals surface area contributed by atoms with E-state index in [0.717, 1.165) is 54.4 Å². The lowest BCUT2D eigenvalue weighted by atomic mass is 10.0. The van der Waals surface area contributed by atoms with Gasteiger partial charge in [-0.3, -0.25) is 0 Å². The van der Waals surface area contributed by atoms with Crippen molar-refractivity contribution in [3.8, 4) is 45.7 Å². The second kappa shape index (κ2) is 19.3. The van der Waals surface area contributed by atoms with Crippen molar-refractivity contribution in [3.63, 3.8) is 0 Å². The number of ether oxygens (including phenoxy) is 2. The molecule has 258 valence electrons. The van der Waals surface area contributed by atoms with Gasteiger partial charge in [-0.15, -0.1) is 0 Å². The van der Waals surface area contributed by atoms with Crippen LogP contribution in [-0.4, -0.2) is 51.1 Å². The van der Waals surface area contributed by atoms with E-state index >= 15 is 0 Å². The third-order valence-corrected chi connectivity index (χ3v) is 8.76. The highest BCUT2D eigenvalue weighted by Gasteiger charge is 2.17. The van der Waals surface area contributed by atoms with Crippen molar-refractivity contribution in [3.05, 3.63) is 76.9 Å². The highest BCUT2D eigenvalue weighted by atomic mass is 16.5. The lowest BCUT2D eigenvalue weighted by Crippen LogP contribution is -2.09. The number of phenols is 1. The Labute approximate surface area is 287 Å². The number of benzene rings is 3. The maximum atomic E-state index is 11.1. The van der Waals surface area contributed by atoms with Gasteiger partial charge in [-0.2, -0.15) is 0 Å². The number of phenolic OH excluding ortho intramolecular Hbond substituents is 1. The van der Waals surface area contributed by atoms with Gasteiger partial charge in [0.25, 0.3) is 0 Å². The molecule has 0 saturated heterocycles. The highest BCUT2D eigenvalue weighted by molar-refractivity contribution is 5.72. The van der Waals surface area contributed by atoms with Crippen molar-refractivity contribution in [2.24, 2.45) is 0 Å². The topological polar surface area (TPSA) is 97.6 Å². The molecule has 1 heterocycles. The first-order valence-electron chi connectivity index (χ1n) is 17.9. The Morgan fingerprint density at radius 1 is 0.583 bits per heavy atom. The Kier molecular flexibility index (Phi) is 14.8. The van der Waals surface area contributed by atoms with Gasteiger partial charge in [0, 0.05) is 36.8 Å². The standard InChI is InChI=1S/C41H55N3O4/c1-6-7-8-9-10-11-12-15-33(45)16-13-23-47-24-14-25-48-34-19-22-37(38(46)28-34)41-43-39(35-20-17-29(2)26-31(35)4)42-40(44-41)36-21-18-30(3)27-32(36)5/h17-22,26-28,33,45-46H,6-16,23-25H2,1-5H3. The summed E-state index contributed by atoms with van der Waals surface area (Å²) in [6, 6.07) is 17.7. The number of unbranched alkanes of at least 4 members (excludes halogenated alkanes) is 6. The van der Waals surface area contributed by atoms with E-state index in [4.69, 9.17) is 24.4 Å². The van der Waals surface area contributed by atoms with Crippen LogP contribution in [0, 0.1) is 27.7 Å². The predicted molar refractivity (Wildman–Crippen MR) is 196 cm³/mol. The minimum Gasteiger partial charge on any atom is -0.507 e. The number of hydrogen-bond donors (Lipinski definition) is 2. The Balaban J connectivity index is 1.29. The van der Waals surface area contributed by atoms with Crippen molar-refractivity contribution >= 4 is 0 Å². The molecule has 4 rings (SSSR count). The van der Waals surface area contributed by atoms with Gasteiger partial charge < -0.3 is 19.7 Å². The predicted octanol–water partition coefficient (Wildman–Crippen LogP) is 9.88. The average Bonchev–Trinajstić information content (AvgIpc) is 3.05. The molecule has 4 aromatic rings. The molecule has 0 aliphatic carbocycles. The van der Waals surface area contributed by atoms with Crippen molar-refractivity contribution in [1.82, 2.24) is 15.0 Å². The van der Waals surface area contributed by atoms with Crippen LogP contribution < -0.4 is 4.74 Å². The third kappa shape index (κ3) is 11.4.